The molecule has 0 aromatic heterocycles. The van der Waals surface area contributed by atoms with E-state index in [1.807, 2.05) is 30.3 Å². The van der Waals surface area contributed by atoms with Crippen LogP contribution in [0.4, 0.5) is 0 Å². The van der Waals surface area contributed by atoms with Gasteiger partial charge in [0.15, 0.2) is 11.5 Å². The standard InChI is InChI=1S/C20H18BrIN2O3/c1-24(2)20(25)15(11-23)8-14-9-17(21)19(18(10-14)26-3)27-12-13-4-6-16(22)7-5-13/h4-10H,12H2,1-3H3/b15-8-. The van der Waals surface area contributed by atoms with Crippen LogP contribution < -0.4 is 9.47 Å². The number of nitrogens with zero attached hydrogens (tertiary/aromatic N) is 2. The second-order valence-electron chi connectivity index (χ2n) is 5.82. The highest BCUT2D eigenvalue weighted by Crippen LogP contribution is 2.37. The van der Waals surface area contributed by atoms with Gasteiger partial charge in [-0.05, 0) is 80.0 Å². The Morgan fingerprint density at radius 1 is 1.30 bits per heavy atom. The minimum Gasteiger partial charge on any atom is -0.493 e. The Hall–Kier alpha value is -2.05. The number of likely N-dealkylation sites (N-methyl/N-ethyl adjacent to an activating group) is 1. The highest BCUT2D eigenvalue weighted by molar-refractivity contribution is 14.1. The van der Waals surface area contributed by atoms with Gasteiger partial charge in [0.05, 0.1) is 11.6 Å². The number of hydrogen-bond donors (Lipinski definition) is 0. The maximum atomic E-state index is 12.0. The molecule has 0 saturated heterocycles. The van der Waals surface area contributed by atoms with E-state index in [-0.39, 0.29) is 11.5 Å². The summed E-state index contributed by atoms with van der Waals surface area (Å²) in [7, 11) is 4.75. The van der Waals surface area contributed by atoms with Crippen LogP contribution in [0.5, 0.6) is 11.5 Å². The van der Waals surface area contributed by atoms with Crippen LogP contribution in [0, 0.1) is 14.9 Å². The summed E-state index contributed by atoms with van der Waals surface area (Å²) >= 11 is 5.74. The second-order valence-corrected chi connectivity index (χ2v) is 7.92. The largest absolute Gasteiger partial charge is 0.493 e. The number of nitriles is 1. The van der Waals surface area contributed by atoms with Crippen molar-refractivity contribution >= 4 is 50.5 Å². The summed E-state index contributed by atoms with van der Waals surface area (Å²) in [5.74, 6) is 0.716. The molecule has 27 heavy (non-hydrogen) atoms. The fourth-order valence-corrected chi connectivity index (χ4v) is 3.18. The Labute approximate surface area is 180 Å². The average Bonchev–Trinajstić information content (AvgIpc) is 2.65. The quantitative estimate of drug-likeness (QED) is 0.304. The summed E-state index contributed by atoms with van der Waals surface area (Å²) in [4.78, 5) is 13.4. The molecule has 2 rings (SSSR count). The van der Waals surface area contributed by atoms with Gasteiger partial charge in [-0.25, -0.2) is 0 Å². The van der Waals surface area contributed by atoms with Gasteiger partial charge in [0.2, 0.25) is 0 Å². The summed E-state index contributed by atoms with van der Waals surface area (Å²) in [5.41, 5.74) is 1.74. The van der Waals surface area contributed by atoms with Crippen molar-refractivity contribution in [1.82, 2.24) is 4.90 Å². The summed E-state index contributed by atoms with van der Waals surface area (Å²) in [5, 5.41) is 9.25. The third-order valence-electron chi connectivity index (χ3n) is 3.62. The molecule has 2 aromatic carbocycles. The van der Waals surface area contributed by atoms with Gasteiger partial charge >= 0.3 is 0 Å². The Balaban J connectivity index is 2.30. The zero-order valence-electron chi connectivity index (χ0n) is 15.1. The first-order chi connectivity index (χ1) is 12.8. The third-order valence-corrected chi connectivity index (χ3v) is 4.92. The molecule has 0 radical (unpaired) electrons. The number of rotatable bonds is 6. The lowest BCUT2D eigenvalue weighted by molar-refractivity contribution is -0.124. The molecular weight excluding hydrogens is 523 g/mol. The highest BCUT2D eigenvalue weighted by atomic mass is 127. The average molecular weight is 541 g/mol. The predicted molar refractivity (Wildman–Crippen MR) is 116 cm³/mol. The second kappa shape index (κ2) is 9.76. The number of amides is 1. The van der Waals surface area contributed by atoms with Gasteiger partial charge in [0, 0.05) is 17.7 Å². The number of halogens is 2. The number of methoxy groups -OCH3 is 1. The number of carbonyl (C=O) groups excluding carboxylic acids is 1. The molecule has 1 amide bonds. The molecule has 0 unspecified atom stereocenters. The summed E-state index contributed by atoms with van der Waals surface area (Å²) in [6.07, 6.45) is 1.53. The van der Waals surface area contributed by atoms with Gasteiger partial charge in [0.1, 0.15) is 18.2 Å². The van der Waals surface area contributed by atoms with Crippen molar-refractivity contribution in [2.45, 2.75) is 6.61 Å². The number of ether oxygens (including phenoxy) is 2. The van der Waals surface area contributed by atoms with Crippen molar-refractivity contribution in [3.63, 3.8) is 0 Å². The van der Waals surface area contributed by atoms with Crippen LogP contribution in [-0.2, 0) is 11.4 Å². The Bertz CT molecular complexity index is 903. The van der Waals surface area contributed by atoms with Crippen LogP contribution in [0.15, 0.2) is 46.4 Å². The maximum absolute atomic E-state index is 12.0. The molecule has 0 saturated carbocycles. The van der Waals surface area contributed by atoms with Crippen LogP contribution in [0.1, 0.15) is 11.1 Å². The van der Waals surface area contributed by atoms with Crippen molar-refractivity contribution in [3.05, 3.63) is 61.1 Å². The van der Waals surface area contributed by atoms with E-state index >= 15 is 0 Å². The number of hydrogen-bond acceptors (Lipinski definition) is 4. The van der Waals surface area contributed by atoms with E-state index in [1.165, 1.54) is 11.0 Å². The lowest BCUT2D eigenvalue weighted by atomic mass is 10.1. The van der Waals surface area contributed by atoms with Crippen LogP contribution in [0.2, 0.25) is 0 Å². The third kappa shape index (κ3) is 5.71. The molecule has 0 atom stereocenters. The molecule has 0 aliphatic rings. The monoisotopic (exact) mass is 540 g/mol. The van der Waals surface area contributed by atoms with E-state index in [4.69, 9.17) is 9.47 Å². The molecule has 2 aromatic rings. The zero-order valence-corrected chi connectivity index (χ0v) is 18.9. The summed E-state index contributed by atoms with van der Waals surface area (Å²) < 4.78 is 13.2. The predicted octanol–water partition coefficient (Wildman–Crippen LogP) is 4.64. The topological polar surface area (TPSA) is 62.6 Å². The first-order valence-electron chi connectivity index (χ1n) is 7.94. The van der Waals surface area contributed by atoms with Crippen molar-refractivity contribution in [3.8, 4) is 17.6 Å². The molecule has 0 N–H and O–H groups in total. The smallest absolute Gasteiger partial charge is 0.264 e. The van der Waals surface area contributed by atoms with Gasteiger partial charge < -0.3 is 14.4 Å². The zero-order chi connectivity index (χ0) is 20.0. The van der Waals surface area contributed by atoms with Crippen LogP contribution in [0.25, 0.3) is 6.08 Å². The van der Waals surface area contributed by atoms with Crippen LogP contribution in [-0.4, -0.2) is 32.0 Å². The van der Waals surface area contributed by atoms with Crippen molar-refractivity contribution in [2.75, 3.05) is 21.2 Å². The van der Waals surface area contributed by atoms with Gasteiger partial charge in [-0.3, -0.25) is 4.79 Å². The SMILES string of the molecule is COc1cc(/C=C(/C#N)C(=O)N(C)C)cc(Br)c1OCc1ccc(I)cc1. The van der Waals surface area contributed by atoms with E-state index in [0.717, 1.165) is 9.13 Å². The first-order valence-corrected chi connectivity index (χ1v) is 9.81. The van der Waals surface area contributed by atoms with E-state index in [2.05, 4.69) is 38.5 Å². The molecule has 0 heterocycles. The molecule has 140 valence electrons. The Morgan fingerprint density at radius 2 is 1.96 bits per heavy atom. The summed E-state index contributed by atoms with van der Waals surface area (Å²) in [6.45, 7) is 0.392. The van der Waals surface area contributed by atoms with Crippen LogP contribution >= 0.6 is 38.5 Å². The fraction of sp³-hybridized carbons (Fsp3) is 0.200. The van der Waals surface area contributed by atoms with Crippen molar-refractivity contribution < 1.29 is 14.3 Å². The molecule has 0 spiro atoms. The lowest BCUT2D eigenvalue weighted by Gasteiger charge is -2.14. The van der Waals surface area contributed by atoms with Crippen LogP contribution in [0.3, 0.4) is 0 Å². The number of carbonyl (C=O) groups is 1. The minimum absolute atomic E-state index is 0.0431. The molecular formula is C20H18BrIN2O3. The fourth-order valence-electron chi connectivity index (χ4n) is 2.25. The molecule has 0 aliphatic carbocycles. The molecule has 5 nitrogen and oxygen atoms in total. The van der Waals surface area contributed by atoms with E-state index in [0.29, 0.717) is 28.1 Å². The molecule has 0 fully saturated rings. The molecule has 0 aliphatic heterocycles. The van der Waals surface area contributed by atoms with Gasteiger partial charge in [0.25, 0.3) is 5.91 Å². The van der Waals surface area contributed by atoms with Gasteiger partial charge in [-0.15, -0.1) is 0 Å². The normalized spacial score (nSPS) is 10.9. The summed E-state index contributed by atoms with van der Waals surface area (Å²) in [6, 6.07) is 13.5. The minimum atomic E-state index is -0.355. The van der Waals surface area contributed by atoms with E-state index < -0.39 is 0 Å². The highest BCUT2D eigenvalue weighted by Gasteiger charge is 2.15. The van der Waals surface area contributed by atoms with Gasteiger partial charge in [-0.2, -0.15) is 5.26 Å². The Morgan fingerprint density at radius 3 is 2.52 bits per heavy atom. The van der Waals surface area contributed by atoms with Crippen molar-refractivity contribution in [1.29, 1.82) is 5.26 Å². The van der Waals surface area contributed by atoms with Crippen molar-refractivity contribution in [2.24, 2.45) is 0 Å². The number of benzene rings is 2. The molecule has 7 heteroatoms. The van der Waals surface area contributed by atoms with E-state index in [9.17, 15) is 10.1 Å². The lowest BCUT2D eigenvalue weighted by Crippen LogP contribution is -2.22. The van der Waals surface area contributed by atoms with Gasteiger partial charge in [-0.1, -0.05) is 12.1 Å². The Kier molecular flexibility index (Phi) is 7.68. The molecule has 0 bridgehead atoms. The first kappa shape index (κ1) is 21.3. The maximum Gasteiger partial charge on any atom is 0.264 e. The van der Waals surface area contributed by atoms with E-state index in [1.54, 1.807) is 33.3 Å².